The standard InChI is InChI=1S/C32H29NO5/c1-22-10-12-23(13-11-22)19-36-25-16-14-24(15-17-25)20-37-31(34)18-33-32(35)38-21-30-28-8-4-2-6-26(28)27-7-3-5-9-29(27)30/h2-17,30H,18-21H2,1H3,(H,33,35). The molecule has 1 N–H and O–H groups in total. The predicted molar refractivity (Wildman–Crippen MR) is 145 cm³/mol. The van der Waals surface area contributed by atoms with E-state index in [1.807, 2.05) is 67.6 Å². The van der Waals surface area contributed by atoms with E-state index in [0.29, 0.717) is 6.61 Å². The summed E-state index contributed by atoms with van der Waals surface area (Å²) in [6, 6.07) is 31.8. The Balaban J connectivity index is 1.03. The fourth-order valence-corrected chi connectivity index (χ4v) is 4.54. The molecule has 0 unspecified atom stereocenters. The van der Waals surface area contributed by atoms with Crippen LogP contribution in [0.25, 0.3) is 11.1 Å². The van der Waals surface area contributed by atoms with Crippen LogP contribution in [-0.4, -0.2) is 25.2 Å². The van der Waals surface area contributed by atoms with Gasteiger partial charge in [-0.25, -0.2) is 4.79 Å². The topological polar surface area (TPSA) is 73.9 Å². The summed E-state index contributed by atoms with van der Waals surface area (Å²) in [6.45, 7) is 2.55. The van der Waals surface area contributed by atoms with Crippen LogP contribution in [0.4, 0.5) is 4.79 Å². The molecule has 0 spiro atoms. The summed E-state index contributed by atoms with van der Waals surface area (Å²) < 4.78 is 16.5. The second kappa shape index (κ2) is 11.6. The van der Waals surface area contributed by atoms with Crippen LogP contribution in [0, 0.1) is 6.92 Å². The lowest BCUT2D eigenvalue weighted by molar-refractivity contribution is -0.143. The molecule has 0 aromatic heterocycles. The highest BCUT2D eigenvalue weighted by atomic mass is 16.6. The molecule has 1 aliphatic carbocycles. The first-order valence-electron chi connectivity index (χ1n) is 12.6. The number of benzene rings is 4. The molecule has 0 heterocycles. The van der Waals surface area contributed by atoms with Gasteiger partial charge in [-0.15, -0.1) is 0 Å². The second-order valence-corrected chi connectivity index (χ2v) is 9.26. The maximum Gasteiger partial charge on any atom is 0.407 e. The van der Waals surface area contributed by atoms with Crippen LogP contribution in [-0.2, 0) is 27.5 Å². The van der Waals surface area contributed by atoms with E-state index >= 15 is 0 Å². The smallest absolute Gasteiger partial charge is 0.407 e. The zero-order chi connectivity index (χ0) is 26.3. The molecule has 38 heavy (non-hydrogen) atoms. The van der Waals surface area contributed by atoms with Crippen LogP contribution >= 0.6 is 0 Å². The quantitative estimate of drug-likeness (QED) is 0.275. The summed E-state index contributed by atoms with van der Waals surface area (Å²) in [4.78, 5) is 24.4. The molecule has 4 aromatic rings. The van der Waals surface area contributed by atoms with Crippen molar-refractivity contribution in [1.29, 1.82) is 0 Å². The Morgan fingerprint density at radius 2 is 1.29 bits per heavy atom. The van der Waals surface area contributed by atoms with E-state index in [0.717, 1.165) is 39.1 Å². The second-order valence-electron chi connectivity index (χ2n) is 9.26. The number of amides is 1. The Labute approximate surface area is 222 Å². The van der Waals surface area contributed by atoms with Crippen molar-refractivity contribution in [3.63, 3.8) is 0 Å². The van der Waals surface area contributed by atoms with E-state index in [-0.39, 0.29) is 25.7 Å². The molecular formula is C32H29NO5. The molecule has 0 bridgehead atoms. The van der Waals surface area contributed by atoms with Gasteiger partial charge >= 0.3 is 12.1 Å². The summed E-state index contributed by atoms with van der Waals surface area (Å²) in [5, 5.41) is 2.48. The van der Waals surface area contributed by atoms with Crippen LogP contribution in [0.1, 0.15) is 33.7 Å². The van der Waals surface area contributed by atoms with Gasteiger partial charge < -0.3 is 19.5 Å². The molecule has 0 saturated carbocycles. The van der Waals surface area contributed by atoms with E-state index in [4.69, 9.17) is 14.2 Å². The molecule has 0 saturated heterocycles. The highest BCUT2D eigenvalue weighted by Crippen LogP contribution is 2.44. The molecule has 192 valence electrons. The van der Waals surface area contributed by atoms with Gasteiger partial charge in [0.15, 0.2) is 0 Å². The number of hydrogen-bond acceptors (Lipinski definition) is 5. The first-order valence-corrected chi connectivity index (χ1v) is 12.6. The number of nitrogens with one attached hydrogen (secondary N) is 1. The van der Waals surface area contributed by atoms with Gasteiger partial charge in [0.25, 0.3) is 0 Å². The normalized spacial score (nSPS) is 11.8. The van der Waals surface area contributed by atoms with Crippen LogP contribution < -0.4 is 10.1 Å². The lowest BCUT2D eigenvalue weighted by Crippen LogP contribution is -2.32. The van der Waals surface area contributed by atoms with Crippen molar-refractivity contribution in [3.8, 4) is 16.9 Å². The van der Waals surface area contributed by atoms with Gasteiger partial charge in [0, 0.05) is 5.92 Å². The largest absolute Gasteiger partial charge is 0.489 e. The SMILES string of the molecule is Cc1ccc(COc2ccc(COC(=O)CNC(=O)OCC3c4ccccc4-c4ccccc43)cc2)cc1. The van der Waals surface area contributed by atoms with Crippen LogP contribution in [0.3, 0.4) is 0 Å². The van der Waals surface area contributed by atoms with E-state index in [2.05, 4.69) is 41.7 Å². The lowest BCUT2D eigenvalue weighted by atomic mass is 9.98. The molecule has 6 nitrogen and oxygen atoms in total. The van der Waals surface area contributed by atoms with Gasteiger partial charge in [0.1, 0.15) is 32.1 Å². The minimum atomic E-state index is -0.654. The average Bonchev–Trinajstić information content (AvgIpc) is 3.27. The van der Waals surface area contributed by atoms with E-state index in [1.165, 1.54) is 5.56 Å². The predicted octanol–water partition coefficient (Wildman–Crippen LogP) is 6.16. The molecule has 0 aliphatic heterocycles. The van der Waals surface area contributed by atoms with Crippen molar-refractivity contribution < 1.29 is 23.8 Å². The minimum absolute atomic E-state index is 0.0380. The Hall–Kier alpha value is -4.58. The maximum absolute atomic E-state index is 12.3. The van der Waals surface area contributed by atoms with E-state index < -0.39 is 12.1 Å². The zero-order valence-electron chi connectivity index (χ0n) is 21.2. The molecule has 0 atom stereocenters. The van der Waals surface area contributed by atoms with Crippen molar-refractivity contribution in [2.45, 2.75) is 26.1 Å². The number of carbonyl (C=O) groups excluding carboxylic acids is 2. The monoisotopic (exact) mass is 507 g/mol. The first kappa shape index (κ1) is 25.1. The highest BCUT2D eigenvalue weighted by molar-refractivity contribution is 5.80. The number of alkyl carbamates (subject to hydrolysis) is 1. The lowest BCUT2D eigenvalue weighted by Gasteiger charge is -2.14. The summed E-state index contributed by atoms with van der Waals surface area (Å²) in [5.41, 5.74) is 7.71. The number of hydrogen-bond donors (Lipinski definition) is 1. The molecule has 0 radical (unpaired) electrons. The maximum atomic E-state index is 12.3. The summed E-state index contributed by atoms with van der Waals surface area (Å²) in [7, 11) is 0. The number of rotatable bonds is 9. The minimum Gasteiger partial charge on any atom is -0.489 e. The molecule has 6 heteroatoms. The molecule has 5 rings (SSSR count). The molecule has 4 aromatic carbocycles. The van der Waals surface area contributed by atoms with Crippen molar-refractivity contribution in [1.82, 2.24) is 5.32 Å². The third-order valence-electron chi connectivity index (χ3n) is 6.57. The number of aryl methyl sites for hydroxylation is 1. The summed E-state index contributed by atoms with van der Waals surface area (Å²) >= 11 is 0. The molecule has 0 fully saturated rings. The van der Waals surface area contributed by atoms with Crippen molar-refractivity contribution >= 4 is 12.1 Å². The highest BCUT2D eigenvalue weighted by Gasteiger charge is 2.29. The van der Waals surface area contributed by atoms with Gasteiger partial charge in [0.05, 0.1) is 0 Å². The van der Waals surface area contributed by atoms with E-state index in [1.54, 1.807) is 0 Å². The Morgan fingerprint density at radius 1 is 0.711 bits per heavy atom. The van der Waals surface area contributed by atoms with Crippen molar-refractivity contribution in [2.24, 2.45) is 0 Å². The number of ether oxygens (including phenoxy) is 3. The summed E-state index contributed by atoms with van der Waals surface area (Å²) in [6.07, 6.45) is -0.654. The zero-order valence-corrected chi connectivity index (χ0v) is 21.2. The Morgan fingerprint density at radius 3 is 1.95 bits per heavy atom. The van der Waals surface area contributed by atoms with Crippen LogP contribution in [0.15, 0.2) is 97.1 Å². The molecule has 1 amide bonds. The van der Waals surface area contributed by atoms with Crippen LogP contribution in [0.5, 0.6) is 5.75 Å². The molecule has 1 aliphatic rings. The van der Waals surface area contributed by atoms with Gasteiger partial charge in [-0.2, -0.15) is 0 Å². The fraction of sp³-hybridized carbons (Fsp3) is 0.188. The number of carbonyl (C=O) groups is 2. The van der Waals surface area contributed by atoms with Gasteiger partial charge in [0.2, 0.25) is 0 Å². The third kappa shape index (κ3) is 6.03. The fourth-order valence-electron chi connectivity index (χ4n) is 4.54. The molecular weight excluding hydrogens is 478 g/mol. The number of fused-ring (bicyclic) bond motifs is 3. The third-order valence-corrected chi connectivity index (χ3v) is 6.57. The average molecular weight is 508 g/mol. The first-order chi connectivity index (χ1) is 18.6. The van der Waals surface area contributed by atoms with Gasteiger partial charge in [-0.3, -0.25) is 4.79 Å². The van der Waals surface area contributed by atoms with Gasteiger partial charge in [-0.1, -0.05) is 90.5 Å². The van der Waals surface area contributed by atoms with Crippen LogP contribution in [0.2, 0.25) is 0 Å². The number of esters is 1. The van der Waals surface area contributed by atoms with Crippen molar-refractivity contribution in [2.75, 3.05) is 13.2 Å². The van der Waals surface area contributed by atoms with Gasteiger partial charge in [-0.05, 0) is 52.4 Å². The summed E-state index contributed by atoms with van der Waals surface area (Å²) in [5.74, 6) is 0.153. The Kier molecular flexibility index (Phi) is 7.69. The van der Waals surface area contributed by atoms with Crippen molar-refractivity contribution in [3.05, 3.63) is 125 Å². The van der Waals surface area contributed by atoms with E-state index in [9.17, 15) is 9.59 Å². The Bertz CT molecular complexity index is 1370.